The van der Waals surface area contributed by atoms with Gasteiger partial charge in [0, 0.05) is 0 Å². The molecule has 0 amide bonds. The third-order valence-electron chi connectivity index (χ3n) is 5.84. The summed E-state index contributed by atoms with van der Waals surface area (Å²) in [6.45, 7) is 0.0567. The lowest BCUT2D eigenvalue weighted by Crippen LogP contribution is -1.90. The van der Waals surface area contributed by atoms with Crippen LogP contribution in [-0.4, -0.2) is 5.11 Å². The standard InChI is InChI=1S/C14H11ClO.C13H10/c15-14-11-6-2-1-5-10(11)13-9(8-16)4-3-7-12(13)14;1-3-7-12-10(5-1)9-11-6-2-4-8-13(11)12/h1-7,14,16H,8H2;1-8H,9H2. The molecule has 2 heteroatoms. The molecule has 1 unspecified atom stereocenters. The molecule has 0 radical (unpaired) electrons. The minimum Gasteiger partial charge on any atom is -0.392 e. The highest BCUT2D eigenvalue weighted by Gasteiger charge is 2.28. The Labute approximate surface area is 176 Å². The van der Waals surface area contributed by atoms with Gasteiger partial charge in [-0.15, -0.1) is 11.6 Å². The van der Waals surface area contributed by atoms with Gasteiger partial charge in [0.05, 0.1) is 12.0 Å². The quantitative estimate of drug-likeness (QED) is 0.311. The first-order valence-electron chi connectivity index (χ1n) is 9.90. The molecule has 0 aromatic heterocycles. The van der Waals surface area contributed by atoms with E-state index in [0.29, 0.717) is 0 Å². The fourth-order valence-electron chi connectivity index (χ4n) is 4.48. The Morgan fingerprint density at radius 1 is 0.655 bits per heavy atom. The number of hydrogen-bond acceptors (Lipinski definition) is 1. The van der Waals surface area contributed by atoms with Crippen LogP contribution < -0.4 is 0 Å². The summed E-state index contributed by atoms with van der Waals surface area (Å²) in [5.74, 6) is 0. The van der Waals surface area contributed by atoms with Crippen molar-refractivity contribution in [2.24, 2.45) is 0 Å². The van der Waals surface area contributed by atoms with Crippen molar-refractivity contribution >= 4 is 11.6 Å². The van der Waals surface area contributed by atoms with Crippen molar-refractivity contribution in [1.29, 1.82) is 0 Å². The van der Waals surface area contributed by atoms with E-state index in [1.807, 2.05) is 36.4 Å². The smallest absolute Gasteiger partial charge is 0.0847 e. The van der Waals surface area contributed by atoms with E-state index >= 15 is 0 Å². The summed E-state index contributed by atoms with van der Waals surface area (Å²) in [5.41, 5.74) is 11.2. The fraction of sp³-hybridized carbons (Fsp3) is 0.111. The highest BCUT2D eigenvalue weighted by Crippen LogP contribution is 2.48. The number of hydrogen-bond donors (Lipinski definition) is 1. The van der Waals surface area contributed by atoms with Crippen LogP contribution in [0.15, 0.2) is 91.0 Å². The topological polar surface area (TPSA) is 20.2 Å². The summed E-state index contributed by atoms with van der Waals surface area (Å²) in [6, 6.07) is 31.4. The van der Waals surface area contributed by atoms with Crippen LogP contribution in [0.4, 0.5) is 0 Å². The second-order valence-electron chi connectivity index (χ2n) is 7.48. The largest absolute Gasteiger partial charge is 0.392 e. The molecule has 2 aliphatic rings. The number of halogens is 1. The summed E-state index contributed by atoms with van der Waals surface area (Å²) in [7, 11) is 0. The van der Waals surface area contributed by atoms with E-state index in [9.17, 15) is 5.11 Å². The van der Waals surface area contributed by atoms with E-state index in [2.05, 4.69) is 54.6 Å². The number of fused-ring (bicyclic) bond motifs is 6. The highest BCUT2D eigenvalue weighted by molar-refractivity contribution is 6.24. The van der Waals surface area contributed by atoms with Gasteiger partial charge in [-0.2, -0.15) is 0 Å². The zero-order valence-electron chi connectivity index (χ0n) is 16.0. The van der Waals surface area contributed by atoms with Gasteiger partial charge in [-0.25, -0.2) is 0 Å². The lowest BCUT2D eigenvalue weighted by Gasteiger charge is -2.06. The molecule has 0 spiro atoms. The summed E-state index contributed by atoms with van der Waals surface area (Å²) < 4.78 is 0. The van der Waals surface area contributed by atoms with E-state index in [4.69, 9.17) is 11.6 Å². The predicted molar refractivity (Wildman–Crippen MR) is 120 cm³/mol. The third-order valence-corrected chi connectivity index (χ3v) is 6.31. The van der Waals surface area contributed by atoms with Crippen LogP contribution in [0.3, 0.4) is 0 Å². The molecule has 4 aromatic carbocycles. The number of aliphatic hydroxyl groups excluding tert-OH is 1. The molecular formula is C27H21ClO. The van der Waals surface area contributed by atoms with Crippen molar-refractivity contribution in [3.05, 3.63) is 119 Å². The van der Waals surface area contributed by atoms with E-state index < -0.39 is 0 Å². The van der Waals surface area contributed by atoms with Crippen LogP contribution in [0.25, 0.3) is 22.3 Å². The summed E-state index contributed by atoms with van der Waals surface area (Å²) in [4.78, 5) is 0. The van der Waals surface area contributed by atoms with Gasteiger partial charge in [-0.3, -0.25) is 0 Å². The van der Waals surface area contributed by atoms with Crippen molar-refractivity contribution in [1.82, 2.24) is 0 Å². The van der Waals surface area contributed by atoms with Crippen molar-refractivity contribution < 1.29 is 5.11 Å². The molecule has 0 aliphatic heterocycles. The molecule has 0 fully saturated rings. The van der Waals surface area contributed by atoms with Crippen LogP contribution in [-0.2, 0) is 13.0 Å². The van der Waals surface area contributed by atoms with Crippen LogP contribution in [0.1, 0.15) is 33.2 Å². The van der Waals surface area contributed by atoms with Crippen molar-refractivity contribution in [3.63, 3.8) is 0 Å². The molecule has 2 aliphatic carbocycles. The third kappa shape index (κ3) is 3.07. The molecule has 6 rings (SSSR count). The first-order chi connectivity index (χ1) is 14.3. The number of benzene rings is 4. The number of alkyl halides is 1. The molecule has 1 N–H and O–H groups in total. The SMILES string of the molecule is OCc1cccc2c1-c1ccccc1C2Cl.c1ccc2c(c1)Cc1ccccc1-2. The van der Waals surface area contributed by atoms with Gasteiger partial charge in [-0.1, -0.05) is 91.0 Å². The van der Waals surface area contributed by atoms with Gasteiger partial charge in [-0.05, 0) is 56.5 Å². The van der Waals surface area contributed by atoms with Crippen molar-refractivity contribution in [3.8, 4) is 22.3 Å². The van der Waals surface area contributed by atoms with Crippen molar-refractivity contribution in [2.75, 3.05) is 0 Å². The number of aliphatic hydroxyl groups is 1. The lowest BCUT2D eigenvalue weighted by atomic mass is 10.0. The van der Waals surface area contributed by atoms with Gasteiger partial charge in [0.2, 0.25) is 0 Å². The van der Waals surface area contributed by atoms with E-state index in [1.54, 1.807) is 0 Å². The van der Waals surface area contributed by atoms with E-state index in [-0.39, 0.29) is 12.0 Å². The molecule has 0 heterocycles. The molecule has 0 saturated carbocycles. The minimum atomic E-state index is -0.0855. The van der Waals surface area contributed by atoms with Crippen LogP contribution in [0.2, 0.25) is 0 Å². The van der Waals surface area contributed by atoms with Gasteiger partial charge in [0.25, 0.3) is 0 Å². The first kappa shape index (κ1) is 18.2. The maximum absolute atomic E-state index is 9.37. The maximum atomic E-state index is 9.37. The molecule has 1 atom stereocenters. The molecule has 142 valence electrons. The first-order valence-corrected chi connectivity index (χ1v) is 10.3. The highest BCUT2D eigenvalue weighted by atomic mass is 35.5. The molecular weight excluding hydrogens is 376 g/mol. The Morgan fingerprint density at radius 2 is 1.21 bits per heavy atom. The summed E-state index contributed by atoms with van der Waals surface area (Å²) in [5, 5.41) is 9.29. The molecule has 1 nitrogen and oxygen atoms in total. The Bertz CT molecular complexity index is 1150. The van der Waals surface area contributed by atoms with Gasteiger partial charge < -0.3 is 5.11 Å². The van der Waals surface area contributed by atoms with Gasteiger partial charge >= 0.3 is 0 Å². The van der Waals surface area contributed by atoms with Crippen LogP contribution in [0, 0.1) is 0 Å². The molecule has 29 heavy (non-hydrogen) atoms. The van der Waals surface area contributed by atoms with Gasteiger partial charge in [0.15, 0.2) is 0 Å². The average Bonchev–Trinajstić information content (AvgIpc) is 3.30. The van der Waals surface area contributed by atoms with Gasteiger partial charge in [0.1, 0.15) is 0 Å². The monoisotopic (exact) mass is 396 g/mol. The predicted octanol–water partition coefficient (Wildman–Crippen LogP) is 6.75. The lowest BCUT2D eigenvalue weighted by molar-refractivity contribution is 0.282. The van der Waals surface area contributed by atoms with Crippen LogP contribution in [0.5, 0.6) is 0 Å². The van der Waals surface area contributed by atoms with E-state index in [0.717, 1.165) is 34.2 Å². The Morgan fingerprint density at radius 3 is 1.86 bits per heavy atom. The summed E-state index contributed by atoms with van der Waals surface area (Å²) in [6.07, 6.45) is 1.10. The second kappa shape index (κ2) is 7.51. The van der Waals surface area contributed by atoms with Crippen molar-refractivity contribution in [2.45, 2.75) is 18.4 Å². The Kier molecular flexibility index (Phi) is 4.71. The summed E-state index contributed by atoms with van der Waals surface area (Å²) >= 11 is 6.42. The zero-order valence-corrected chi connectivity index (χ0v) is 16.7. The Hall–Kier alpha value is -2.87. The molecule has 0 saturated heterocycles. The normalized spacial score (nSPS) is 14.9. The Balaban J connectivity index is 0.000000128. The average molecular weight is 397 g/mol. The van der Waals surface area contributed by atoms with E-state index in [1.165, 1.54) is 22.3 Å². The second-order valence-corrected chi connectivity index (χ2v) is 7.92. The maximum Gasteiger partial charge on any atom is 0.0847 e. The number of rotatable bonds is 1. The molecule has 0 bridgehead atoms. The van der Waals surface area contributed by atoms with Crippen LogP contribution >= 0.6 is 11.6 Å². The fourth-order valence-corrected chi connectivity index (χ4v) is 4.86. The minimum absolute atomic E-state index is 0.0567. The molecule has 4 aromatic rings. The zero-order chi connectivity index (χ0) is 19.8.